The summed E-state index contributed by atoms with van der Waals surface area (Å²) in [6.45, 7) is 7.49. The predicted molar refractivity (Wildman–Crippen MR) is 74.5 cm³/mol. The first-order valence-electron chi connectivity index (χ1n) is 7.04. The van der Waals surface area contributed by atoms with Gasteiger partial charge in [-0.1, -0.05) is 13.8 Å². The van der Waals surface area contributed by atoms with Gasteiger partial charge in [-0.15, -0.1) is 0 Å². The Morgan fingerprint density at radius 3 is 2.53 bits per heavy atom. The second-order valence-electron chi connectivity index (χ2n) is 5.23. The minimum absolute atomic E-state index is 0.0106. The lowest BCUT2D eigenvalue weighted by Crippen LogP contribution is -2.48. The Morgan fingerprint density at radius 1 is 1.37 bits per heavy atom. The Bertz CT molecular complexity index is 301. The Balaban J connectivity index is 2.24. The molecule has 0 aromatic carbocycles. The molecule has 110 valence electrons. The number of nitrogens with one attached hydrogen (secondary N) is 2. The number of hydrogen-bond donors (Lipinski definition) is 3. The number of amides is 2. The molecule has 6 heteroatoms. The molecule has 0 saturated carbocycles. The summed E-state index contributed by atoms with van der Waals surface area (Å²) in [4.78, 5) is 24.8. The van der Waals surface area contributed by atoms with E-state index in [2.05, 4.69) is 10.6 Å². The molecule has 0 radical (unpaired) electrons. The third kappa shape index (κ3) is 6.02. The molecule has 1 heterocycles. The van der Waals surface area contributed by atoms with Crippen molar-refractivity contribution in [3.8, 4) is 0 Å². The second-order valence-corrected chi connectivity index (χ2v) is 5.23. The summed E-state index contributed by atoms with van der Waals surface area (Å²) in [5.41, 5.74) is 5.17. The number of hydrogen-bond acceptors (Lipinski definition) is 4. The van der Waals surface area contributed by atoms with Crippen LogP contribution in [-0.2, 0) is 9.59 Å². The highest BCUT2D eigenvalue weighted by atomic mass is 16.2. The molecule has 1 aliphatic heterocycles. The van der Waals surface area contributed by atoms with Crippen molar-refractivity contribution in [3.63, 3.8) is 0 Å². The number of nitrogens with two attached hydrogens (primary N) is 1. The largest absolute Gasteiger partial charge is 0.369 e. The number of piperidine rings is 1. The summed E-state index contributed by atoms with van der Waals surface area (Å²) in [6.07, 6.45) is 1.76. The number of primary amides is 1. The van der Waals surface area contributed by atoms with Crippen LogP contribution >= 0.6 is 0 Å². The standard InChI is InChI=1S/C13H26N4O2/c1-3-15-8-10(2)13(19)16-11-4-6-17(7-5-11)9-12(14)18/h10-11,15H,3-9H2,1-2H3,(H2,14,18)(H,16,19). The molecule has 4 N–H and O–H groups in total. The van der Waals surface area contributed by atoms with Crippen molar-refractivity contribution in [1.82, 2.24) is 15.5 Å². The summed E-state index contributed by atoms with van der Waals surface area (Å²) < 4.78 is 0. The zero-order valence-corrected chi connectivity index (χ0v) is 11.9. The first kappa shape index (κ1) is 15.9. The smallest absolute Gasteiger partial charge is 0.231 e. The second kappa shape index (κ2) is 8.12. The Morgan fingerprint density at radius 2 is 2.00 bits per heavy atom. The average molecular weight is 270 g/mol. The van der Waals surface area contributed by atoms with Crippen LogP contribution in [0.15, 0.2) is 0 Å². The van der Waals surface area contributed by atoms with Crippen LogP contribution in [0.3, 0.4) is 0 Å². The van der Waals surface area contributed by atoms with Gasteiger partial charge in [-0.25, -0.2) is 0 Å². The van der Waals surface area contributed by atoms with E-state index in [1.807, 2.05) is 18.7 Å². The van der Waals surface area contributed by atoms with Crippen molar-refractivity contribution < 1.29 is 9.59 Å². The highest BCUT2D eigenvalue weighted by Gasteiger charge is 2.23. The van der Waals surface area contributed by atoms with Gasteiger partial charge >= 0.3 is 0 Å². The van der Waals surface area contributed by atoms with Gasteiger partial charge < -0.3 is 16.4 Å². The van der Waals surface area contributed by atoms with Crippen LogP contribution in [0.5, 0.6) is 0 Å². The lowest BCUT2D eigenvalue weighted by molar-refractivity contribution is -0.126. The van der Waals surface area contributed by atoms with Crippen molar-refractivity contribution in [1.29, 1.82) is 0 Å². The fourth-order valence-electron chi connectivity index (χ4n) is 2.25. The SMILES string of the molecule is CCNCC(C)C(=O)NC1CCN(CC(N)=O)CC1. The number of carbonyl (C=O) groups is 2. The molecule has 2 amide bonds. The van der Waals surface area contributed by atoms with Gasteiger partial charge in [-0.3, -0.25) is 14.5 Å². The van der Waals surface area contributed by atoms with E-state index in [1.54, 1.807) is 0 Å². The topological polar surface area (TPSA) is 87.5 Å². The summed E-state index contributed by atoms with van der Waals surface area (Å²) >= 11 is 0. The lowest BCUT2D eigenvalue weighted by atomic mass is 10.0. The normalized spacial score (nSPS) is 19.1. The lowest BCUT2D eigenvalue weighted by Gasteiger charge is -2.32. The molecular weight excluding hydrogens is 244 g/mol. The summed E-state index contributed by atoms with van der Waals surface area (Å²) in [5, 5.41) is 6.25. The Hall–Kier alpha value is -1.14. The van der Waals surface area contributed by atoms with E-state index in [1.165, 1.54) is 0 Å². The fraction of sp³-hybridized carbons (Fsp3) is 0.846. The van der Waals surface area contributed by atoms with Gasteiger partial charge in [-0.2, -0.15) is 0 Å². The maximum atomic E-state index is 11.9. The van der Waals surface area contributed by atoms with Crippen LogP contribution in [0, 0.1) is 5.92 Å². The molecule has 0 bridgehead atoms. The van der Waals surface area contributed by atoms with Crippen LogP contribution in [0.25, 0.3) is 0 Å². The molecule has 1 unspecified atom stereocenters. The first-order valence-corrected chi connectivity index (χ1v) is 7.04. The van der Waals surface area contributed by atoms with E-state index >= 15 is 0 Å². The van der Waals surface area contributed by atoms with Crippen LogP contribution < -0.4 is 16.4 Å². The molecule has 6 nitrogen and oxygen atoms in total. The molecule has 19 heavy (non-hydrogen) atoms. The Kier molecular flexibility index (Phi) is 6.80. The maximum Gasteiger partial charge on any atom is 0.231 e. The highest BCUT2D eigenvalue weighted by Crippen LogP contribution is 2.10. The van der Waals surface area contributed by atoms with Crippen molar-refractivity contribution in [2.45, 2.75) is 32.7 Å². The number of carbonyl (C=O) groups excluding carboxylic acids is 2. The minimum Gasteiger partial charge on any atom is -0.369 e. The van der Waals surface area contributed by atoms with E-state index in [0.717, 1.165) is 32.5 Å². The maximum absolute atomic E-state index is 11.9. The van der Waals surface area contributed by atoms with E-state index in [0.29, 0.717) is 13.1 Å². The minimum atomic E-state index is -0.290. The van der Waals surface area contributed by atoms with Crippen LogP contribution in [-0.4, -0.2) is 55.5 Å². The number of rotatable bonds is 7. The van der Waals surface area contributed by atoms with E-state index in [9.17, 15) is 9.59 Å². The summed E-state index contributed by atoms with van der Waals surface area (Å²) in [5.74, 6) is -0.195. The van der Waals surface area contributed by atoms with Gasteiger partial charge in [0.1, 0.15) is 0 Å². The first-order chi connectivity index (χ1) is 9.02. The number of likely N-dealkylation sites (tertiary alicyclic amines) is 1. The van der Waals surface area contributed by atoms with Crippen molar-refractivity contribution >= 4 is 11.8 Å². The van der Waals surface area contributed by atoms with E-state index < -0.39 is 0 Å². The highest BCUT2D eigenvalue weighted by molar-refractivity contribution is 5.78. The van der Waals surface area contributed by atoms with Crippen molar-refractivity contribution in [2.24, 2.45) is 11.7 Å². The van der Waals surface area contributed by atoms with Gasteiger partial charge in [0.25, 0.3) is 0 Å². The molecule has 1 atom stereocenters. The van der Waals surface area contributed by atoms with Gasteiger partial charge in [0.15, 0.2) is 0 Å². The van der Waals surface area contributed by atoms with Crippen LogP contribution in [0.1, 0.15) is 26.7 Å². The van der Waals surface area contributed by atoms with Gasteiger partial charge in [0, 0.05) is 31.6 Å². The van der Waals surface area contributed by atoms with Crippen LogP contribution in [0.2, 0.25) is 0 Å². The molecule has 0 aromatic rings. The summed E-state index contributed by atoms with van der Waals surface area (Å²) in [6, 6.07) is 0.223. The zero-order valence-electron chi connectivity index (χ0n) is 11.9. The predicted octanol–water partition coefficient (Wildman–Crippen LogP) is -0.702. The van der Waals surface area contributed by atoms with Crippen molar-refractivity contribution in [3.05, 3.63) is 0 Å². The summed E-state index contributed by atoms with van der Waals surface area (Å²) in [7, 11) is 0. The Labute approximate surface area is 115 Å². The zero-order chi connectivity index (χ0) is 14.3. The third-order valence-electron chi connectivity index (χ3n) is 3.46. The molecule has 0 aliphatic carbocycles. The fourth-order valence-corrected chi connectivity index (χ4v) is 2.25. The quantitative estimate of drug-likeness (QED) is 0.571. The average Bonchev–Trinajstić information content (AvgIpc) is 2.37. The molecule has 1 fully saturated rings. The van der Waals surface area contributed by atoms with Gasteiger partial charge in [-0.05, 0) is 19.4 Å². The monoisotopic (exact) mass is 270 g/mol. The third-order valence-corrected chi connectivity index (χ3v) is 3.46. The molecule has 1 saturated heterocycles. The molecule has 1 aliphatic rings. The molecule has 0 aromatic heterocycles. The van der Waals surface area contributed by atoms with Crippen LogP contribution in [0.4, 0.5) is 0 Å². The molecular formula is C13H26N4O2. The molecule has 1 rings (SSSR count). The number of nitrogens with zero attached hydrogens (tertiary/aromatic N) is 1. The van der Waals surface area contributed by atoms with E-state index in [-0.39, 0.29) is 23.8 Å². The van der Waals surface area contributed by atoms with Gasteiger partial charge in [0.05, 0.1) is 6.54 Å². The van der Waals surface area contributed by atoms with E-state index in [4.69, 9.17) is 5.73 Å². The molecule has 0 spiro atoms. The van der Waals surface area contributed by atoms with Crippen molar-refractivity contribution in [2.75, 3.05) is 32.7 Å². The van der Waals surface area contributed by atoms with Gasteiger partial charge in [0.2, 0.25) is 11.8 Å².